The summed E-state index contributed by atoms with van der Waals surface area (Å²) in [5.74, 6) is -1.36. The van der Waals surface area contributed by atoms with Crippen molar-refractivity contribution < 1.29 is 28.9 Å². The number of hydrogen-bond acceptors (Lipinski definition) is 9. The van der Waals surface area contributed by atoms with E-state index in [1.165, 1.54) is 16.8 Å². The molecule has 1 aromatic heterocycles. The lowest BCUT2D eigenvalue weighted by Crippen LogP contribution is -2.34. The number of benzene rings is 1. The zero-order valence-corrected chi connectivity index (χ0v) is 15.8. The first-order valence-electron chi connectivity index (χ1n) is 9.10. The highest BCUT2D eigenvalue weighted by Crippen LogP contribution is 2.42. The number of nitrogens with one attached hydrogen (secondary N) is 1. The average molecular weight is 403 g/mol. The van der Waals surface area contributed by atoms with Gasteiger partial charge in [-0.25, -0.2) is 9.59 Å². The van der Waals surface area contributed by atoms with Crippen molar-refractivity contribution in [1.82, 2.24) is 9.55 Å². The van der Waals surface area contributed by atoms with Crippen molar-refractivity contribution in [2.24, 2.45) is 0 Å². The molecule has 3 heterocycles. The lowest BCUT2D eigenvalue weighted by molar-refractivity contribution is -0.200. The number of rotatable bonds is 5. The third-order valence-electron chi connectivity index (χ3n) is 4.73. The second kappa shape index (κ2) is 7.56. The highest BCUT2D eigenvalue weighted by atomic mass is 16.8. The van der Waals surface area contributed by atoms with Crippen LogP contribution in [0.5, 0.6) is 0 Å². The number of aromatic nitrogens is 2. The molecule has 2 saturated heterocycles. The lowest BCUT2D eigenvalue weighted by Gasteiger charge is -2.24. The smallest absolute Gasteiger partial charge is 0.351 e. The van der Waals surface area contributed by atoms with E-state index in [0.29, 0.717) is 5.56 Å². The van der Waals surface area contributed by atoms with Crippen LogP contribution in [0.4, 0.5) is 5.82 Å². The van der Waals surface area contributed by atoms with E-state index in [9.17, 15) is 9.59 Å². The third kappa shape index (κ3) is 3.87. The van der Waals surface area contributed by atoms with Gasteiger partial charge in [-0.3, -0.25) is 15.3 Å². The fourth-order valence-corrected chi connectivity index (χ4v) is 3.50. The number of ether oxygens (including phenoxy) is 4. The molecule has 10 heteroatoms. The number of esters is 1. The van der Waals surface area contributed by atoms with Gasteiger partial charge in [0.2, 0.25) is 0 Å². The molecule has 154 valence electrons. The SMILES string of the molecule is CC1(C)O[C@@H]2[C@H](O1)C(COC(=O)c1ccccc1)O[C@H]2n1ccc(NO)nc1=O. The Kier molecular flexibility index (Phi) is 5.09. The fourth-order valence-electron chi connectivity index (χ4n) is 3.50. The van der Waals surface area contributed by atoms with Crippen LogP contribution in [0, 0.1) is 0 Å². The first kappa shape index (κ1) is 19.5. The third-order valence-corrected chi connectivity index (χ3v) is 4.73. The van der Waals surface area contributed by atoms with E-state index in [4.69, 9.17) is 24.2 Å². The van der Waals surface area contributed by atoms with Crippen molar-refractivity contribution in [2.75, 3.05) is 12.1 Å². The second-order valence-corrected chi connectivity index (χ2v) is 7.21. The minimum atomic E-state index is -0.886. The Morgan fingerprint density at radius 3 is 2.66 bits per heavy atom. The maximum absolute atomic E-state index is 12.3. The molecule has 4 atom stereocenters. The summed E-state index contributed by atoms with van der Waals surface area (Å²) >= 11 is 0. The van der Waals surface area contributed by atoms with E-state index in [1.54, 1.807) is 44.2 Å². The number of carbonyl (C=O) groups excluding carboxylic acids is 1. The Morgan fingerprint density at radius 2 is 1.97 bits per heavy atom. The van der Waals surface area contributed by atoms with Gasteiger partial charge in [0.15, 0.2) is 17.8 Å². The molecule has 1 unspecified atom stereocenters. The Hall–Kier alpha value is -2.79. The van der Waals surface area contributed by atoms with Crippen LogP contribution < -0.4 is 11.2 Å². The summed E-state index contributed by atoms with van der Waals surface area (Å²) in [6.45, 7) is 3.45. The summed E-state index contributed by atoms with van der Waals surface area (Å²) in [4.78, 5) is 28.3. The number of hydrogen-bond donors (Lipinski definition) is 2. The number of nitrogens with zero attached hydrogens (tertiary/aromatic N) is 2. The van der Waals surface area contributed by atoms with Gasteiger partial charge in [-0.1, -0.05) is 18.2 Å². The van der Waals surface area contributed by atoms with Gasteiger partial charge in [0.1, 0.15) is 24.9 Å². The van der Waals surface area contributed by atoms with E-state index < -0.39 is 42.0 Å². The van der Waals surface area contributed by atoms with Gasteiger partial charge in [-0.15, -0.1) is 0 Å². The van der Waals surface area contributed by atoms with Gasteiger partial charge < -0.3 is 18.9 Å². The van der Waals surface area contributed by atoms with Crippen molar-refractivity contribution in [3.8, 4) is 0 Å². The molecule has 0 spiro atoms. The van der Waals surface area contributed by atoms with E-state index in [1.807, 2.05) is 5.48 Å². The lowest BCUT2D eigenvalue weighted by atomic mass is 10.1. The molecular formula is C19H21N3O7. The highest BCUT2D eigenvalue weighted by Gasteiger charge is 2.56. The van der Waals surface area contributed by atoms with Gasteiger partial charge in [-0.05, 0) is 32.0 Å². The van der Waals surface area contributed by atoms with Crippen molar-refractivity contribution >= 4 is 11.8 Å². The number of anilines is 1. The highest BCUT2D eigenvalue weighted by molar-refractivity contribution is 5.89. The number of fused-ring (bicyclic) bond motifs is 1. The predicted molar refractivity (Wildman–Crippen MR) is 98.4 cm³/mol. The maximum atomic E-state index is 12.3. The van der Waals surface area contributed by atoms with Crippen molar-refractivity contribution in [2.45, 2.75) is 44.2 Å². The molecule has 2 aliphatic rings. The van der Waals surface area contributed by atoms with Gasteiger partial charge in [-0.2, -0.15) is 4.98 Å². The van der Waals surface area contributed by atoms with Gasteiger partial charge in [0, 0.05) is 6.20 Å². The molecule has 29 heavy (non-hydrogen) atoms. The molecule has 0 radical (unpaired) electrons. The van der Waals surface area contributed by atoms with Crippen LogP contribution >= 0.6 is 0 Å². The summed E-state index contributed by atoms with van der Waals surface area (Å²) in [5, 5.41) is 8.91. The van der Waals surface area contributed by atoms with Crippen LogP contribution in [0.1, 0.15) is 30.4 Å². The van der Waals surface area contributed by atoms with E-state index in [2.05, 4.69) is 4.98 Å². The molecule has 2 fully saturated rings. The quantitative estimate of drug-likeness (QED) is 0.562. The molecule has 2 N–H and O–H groups in total. The van der Waals surface area contributed by atoms with E-state index in [0.717, 1.165) is 0 Å². The Labute approximate surface area is 165 Å². The zero-order valence-electron chi connectivity index (χ0n) is 15.8. The number of carbonyl (C=O) groups is 1. The Bertz CT molecular complexity index is 946. The molecule has 0 bridgehead atoms. The van der Waals surface area contributed by atoms with E-state index >= 15 is 0 Å². The molecular weight excluding hydrogens is 382 g/mol. The Morgan fingerprint density at radius 1 is 1.24 bits per heavy atom. The largest absolute Gasteiger partial charge is 0.459 e. The maximum Gasteiger partial charge on any atom is 0.351 e. The van der Waals surface area contributed by atoms with Crippen LogP contribution in [-0.2, 0) is 18.9 Å². The summed E-state index contributed by atoms with van der Waals surface area (Å²) in [6.07, 6.45) is -1.17. The molecule has 0 aliphatic carbocycles. The van der Waals surface area contributed by atoms with Gasteiger partial charge in [0.25, 0.3) is 0 Å². The molecule has 0 amide bonds. The molecule has 1 aromatic carbocycles. The van der Waals surface area contributed by atoms with Crippen molar-refractivity contribution in [1.29, 1.82) is 0 Å². The first-order valence-corrected chi connectivity index (χ1v) is 9.10. The van der Waals surface area contributed by atoms with Crippen molar-refractivity contribution in [3.63, 3.8) is 0 Å². The van der Waals surface area contributed by atoms with Gasteiger partial charge >= 0.3 is 11.7 Å². The average Bonchev–Trinajstić information content (AvgIpc) is 3.19. The standard InChI is InChI=1S/C19H21N3O7/c1-19(2)28-14-12(10-26-17(23)11-6-4-3-5-7-11)27-16(15(14)29-19)22-9-8-13(21-25)20-18(22)24/h3-9,12,14-16,25H,10H2,1-2H3,(H,20,21,24)/t12?,14-,15-,16-/m1/s1. The first-order chi connectivity index (χ1) is 13.9. The van der Waals surface area contributed by atoms with E-state index in [-0.39, 0.29) is 12.4 Å². The summed E-state index contributed by atoms with van der Waals surface area (Å²) in [7, 11) is 0. The summed E-state index contributed by atoms with van der Waals surface area (Å²) < 4.78 is 24.5. The Balaban J connectivity index is 1.53. The summed E-state index contributed by atoms with van der Waals surface area (Å²) in [5.41, 5.74) is 1.61. The minimum Gasteiger partial charge on any atom is -0.459 e. The van der Waals surface area contributed by atoms with Crippen LogP contribution in [0.15, 0.2) is 47.4 Å². The zero-order chi connectivity index (χ0) is 20.6. The monoisotopic (exact) mass is 403 g/mol. The molecule has 4 rings (SSSR count). The topological polar surface area (TPSA) is 121 Å². The minimum absolute atomic E-state index is 0.0121. The van der Waals surface area contributed by atoms with Gasteiger partial charge in [0.05, 0.1) is 5.56 Å². The van der Waals surface area contributed by atoms with Crippen LogP contribution in [0.3, 0.4) is 0 Å². The van der Waals surface area contributed by atoms with Crippen molar-refractivity contribution in [3.05, 3.63) is 58.6 Å². The molecule has 2 aliphatic heterocycles. The molecule has 10 nitrogen and oxygen atoms in total. The summed E-state index contributed by atoms with van der Waals surface area (Å²) in [6, 6.07) is 10.0. The van der Waals surface area contributed by atoms with Crippen LogP contribution in [0.25, 0.3) is 0 Å². The second-order valence-electron chi connectivity index (χ2n) is 7.21. The normalized spacial score (nSPS) is 27.4. The van der Waals surface area contributed by atoms with Crippen LogP contribution in [-0.4, -0.2) is 51.4 Å². The molecule has 2 aromatic rings. The fraction of sp³-hybridized carbons (Fsp3) is 0.421. The molecule has 0 saturated carbocycles. The van der Waals surface area contributed by atoms with Crippen LogP contribution in [0.2, 0.25) is 0 Å². The predicted octanol–water partition coefficient (Wildman–Crippen LogP) is 1.32.